The fourth-order valence-electron chi connectivity index (χ4n) is 1.35. The third-order valence-electron chi connectivity index (χ3n) is 2.45. The highest BCUT2D eigenvalue weighted by molar-refractivity contribution is 6.34. The molecule has 1 rings (SSSR count). The van der Waals surface area contributed by atoms with Crippen molar-refractivity contribution >= 4 is 29.3 Å². The number of carboxylic acid groups (broad SMARTS) is 1. The van der Waals surface area contributed by atoms with E-state index in [9.17, 15) is 35.9 Å². The Kier molecular flexibility index (Phi) is 5.35. The van der Waals surface area contributed by atoms with E-state index < -0.39 is 52.7 Å². The number of amides is 2. The molecule has 1 aromatic rings. The summed E-state index contributed by atoms with van der Waals surface area (Å²) in [7, 11) is 0. The number of hydrogen-bond donors (Lipinski definition) is 3. The van der Waals surface area contributed by atoms with E-state index in [4.69, 9.17) is 16.7 Å². The van der Waals surface area contributed by atoms with E-state index in [0.29, 0.717) is 0 Å². The van der Waals surface area contributed by atoms with Gasteiger partial charge >= 0.3 is 18.2 Å². The van der Waals surface area contributed by atoms with Crippen molar-refractivity contribution in [2.45, 2.75) is 12.1 Å². The van der Waals surface area contributed by atoms with Crippen molar-refractivity contribution in [1.29, 1.82) is 0 Å². The minimum atomic E-state index is -5.91. The summed E-state index contributed by atoms with van der Waals surface area (Å²) in [5.41, 5.74) is -1.80. The fourth-order valence-corrected chi connectivity index (χ4v) is 1.58. The molecule has 0 saturated heterocycles. The third kappa shape index (κ3) is 4.41. The Morgan fingerprint density at radius 2 is 1.74 bits per heavy atom. The molecular formula is C11H7ClF6N2O3. The van der Waals surface area contributed by atoms with Crippen LogP contribution in [0, 0.1) is 5.82 Å². The molecule has 0 heterocycles. The van der Waals surface area contributed by atoms with E-state index in [-0.39, 0.29) is 0 Å². The van der Waals surface area contributed by atoms with Crippen molar-refractivity contribution in [2.75, 3.05) is 11.9 Å². The maximum absolute atomic E-state index is 13.9. The molecule has 5 nitrogen and oxygen atoms in total. The second kappa shape index (κ2) is 6.52. The molecule has 0 spiro atoms. The van der Waals surface area contributed by atoms with Gasteiger partial charge in [-0.05, 0) is 12.1 Å². The van der Waals surface area contributed by atoms with E-state index in [2.05, 4.69) is 0 Å². The molecule has 1 aromatic carbocycles. The molecule has 0 aliphatic heterocycles. The quantitative estimate of drug-likeness (QED) is 0.716. The van der Waals surface area contributed by atoms with Crippen LogP contribution in [0.25, 0.3) is 0 Å². The maximum atomic E-state index is 13.9. The Morgan fingerprint density at radius 1 is 1.17 bits per heavy atom. The first-order valence-corrected chi connectivity index (χ1v) is 5.95. The monoisotopic (exact) mass is 364 g/mol. The molecule has 23 heavy (non-hydrogen) atoms. The summed E-state index contributed by atoms with van der Waals surface area (Å²) >= 11 is 5.49. The SMILES string of the molecule is O=C(O)Nc1ccc(Cl)c(C(=O)NCC(F)(F)C(F)(F)F)c1F. The predicted octanol–water partition coefficient (Wildman–Crippen LogP) is 3.50. The zero-order valence-electron chi connectivity index (χ0n) is 10.8. The Hall–Kier alpha value is -2.17. The van der Waals surface area contributed by atoms with Crippen molar-refractivity contribution in [3.05, 3.63) is 28.5 Å². The largest absolute Gasteiger partial charge is 0.465 e. The normalized spacial score (nSPS) is 12.0. The van der Waals surface area contributed by atoms with Crippen LogP contribution < -0.4 is 10.6 Å². The first-order valence-electron chi connectivity index (χ1n) is 5.57. The minimum Gasteiger partial charge on any atom is -0.465 e. The van der Waals surface area contributed by atoms with Crippen LogP contribution in [0.2, 0.25) is 5.02 Å². The van der Waals surface area contributed by atoms with Gasteiger partial charge in [-0.25, -0.2) is 9.18 Å². The Bertz CT molecular complexity index is 635. The highest BCUT2D eigenvalue weighted by atomic mass is 35.5. The number of benzene rings is 1. The molecule has 0 atom stereocenters. The van der Waals surface area contributed by atoms with Crippen molar-refractivity contribution in [3.8, 4) is 0 Å². The van der Waals surface area contributed by atoms with Gasteiger partial charge in [0.2, 0.25) is 0 Å². The summed E-state index contributed by atoms with van der Waals surface area (Å²) in [5, 5.41) is 10.6. The van der Waals surface area contributed by atoms with Gasteiger partial charge < -0.3 is 10.4 Å². The van der Waals surface area contributed by atoms with Crippen LogP contribution in [0.5, 0.6) is 0 Å². The predicted molar refractivity (Wildman–Crippen MR) is 66.4 cm³/mol. The first kappa shape index (κ1) is 18.9. The standard InChI is InChI=1S/C11H7ClF6N2O3/c12-4-1-2-5(20-9(22)23)7(13)6(4)8(21)19-3-10(14,15)11(16,17)18/h1-2,20H,3H2,(H,19,21)(H,22,23). The second-order valence-electron chi connectivity index (χ2n) is 4.10. The molecule has 0 aromatic heterocycles. The topological polar surface area (TPSA) is 78.4 Å². The summed E-state index contributed by atoms with van der Waals surface area (Å²) in [6, 6.07) is 1.71. The molecule has 0 aliphatic carbocycles. The smallest absolute Gasteiger partial charge is 0.455 e. The highest BCUT2D eigenvalue weighted by Gasteiger charge is 2.57. The molecule has 0 aliphatic rings. The third-order valence-corrected chi connectivity index (χ3v) is 2.76. The number of carbonyl (C=O) groups excluding carboxylic acids is 1. The molecular weight excluding hydrogens is 358 g/mol. The lowest BCUT2D eigenvalue weighted by Crippen LogP contribution is -2.47. The van der Waals surface area contributed by atoms with Crippen molar-refractivity contribution in [2.24, 2.45) is 0 Å². The van der Waals surface area contributed by atoms with Gasteiger partial charge in [0.05, 0.1) is 22.8 Å². The van der Waals surface area contributed by atoms with Gasteiger partial charge in [-0.2, -0.15) is 22.0 Å². The molecule has 3 N–H and O–H groups in total. The zero-order chi connectivity index (χ0) is 18.0. The molecule has 0 bridgehead atoms. The summed E-state index contributed by atoms with van der Waals surface area (Å²) < 4.78 is 75.2. The Morgan fingerprint density at radius 3 is 2.22 bits per heavy atom. The number of anilines is 1. The van der Waals surface area contributed by atoms with Crippen LogP contribution in [-0.4, -0.2) is 35.8 Å². The molecule has 128 valence electrons. The number of hydrogen-bond acceptors (Lipinski definition) is 2. The van der Waals surface area contributed by atoms with E-state index in [1.54, 1.807) is 5.32 Å². The lowest BCUT2D eigenvalue weighted by Gasteiger charge is -2.20. The molecule has 0 saturated carbocycles. The van der Waals surface area contributed by atoms with Crippen LogP contribution >= 0.6 is 11.6 Å². The van der Waals surface area contributed by atoms with Gasteiger partial charge in [-0.3, -0.25) is 10.1 Å². The van der Waals surface area contributed by atoms with Crippen molar-refractivity contribution in [3.63, 3.8) is 0 Å². The number of alkyl halides is 5. The van der Waals surface area contributed by atoms with Gasteiger partial charge in [0.25, 0.3) is 5.91 Å². The number of nitrogens with one attached hydrogen (secondary N) is 2. The van der Waals surface area contributed by atoms with Crippen LogP contribution in [0.15, 0.2) is 12.1 Å². The maximum Gasteiger partial charge on any atom is 0.455 e. The lowest BCUT2D eigenvalue weighted by molar-refractivity contribution is -0.278. The second-order valence-corrected chi connectivity index (χ2v) is 4.51. The lowest BCUT2D eigenvalue weighted by atomic mass is 10.1. The van der Waals surface area contributed by atoms with E-state index in [1.165, 1.54) is 5.32 Å². The van der Waals surface area contributed by atoms with Crippen LogP contribution in [0.1, 0.15) is 10.4 Å². The number of carbonyl (C=O) groups is 2. The van der Waals surface area contributed by atoms with Gasteiger partial charge in [-0.1, -0.05) is 11.6 Å². The molecule has 0 radical (unpaired) electrons. The van der Waals surface area contributed by atoms with Crippen molar-refractivity contribution in [1.82, 2.24) is 5.32 Å². The number of halogens is 7. The van der Waals surface area contributed by atoms with E-state index >= 15 is 0 Å². The Balaban J connectivity index is 3.03. The summed E-state index contributed by atoms with van der Waals surface area (Å²) in [4.78, 5) is 22.0. The molecule has 0 fully saturated rings. The van der Waals surface area contributed by atoms with Crippen LogP contribution in [-0.2, 0) is 0 Å². The van der Waals surface area contributed by atoms with Gasteiger partial charge in [0, 0.05) is 0 Å². The Labute approximate surface area is 129 Å². The summed E-state index contributed by atoms with van der Waals surface area (Å²) in [6.07, 6.45) is -7.60. The van der Waals surface area contributed by atoms with E-state index in [1.807, 2.05) is 0 Å². The number of rotatable bonds is 4. The minimum absolute atomic E-state index is 0.605. The van der Waals surface area contributed by atoms with Crippen LogP contribution in [0.4, 0.5) is 36.8 Å². The fraction of sp³-hybridized carbons (Fsp3) is 0.273. The highest BCUT2D eigenvalue weighted by Crippen LogP contribution is 2.35. The van der Waals surface area contributed by atoms with Gasteiger partial charge in [0.15, 0.2) is 5.82 Å². The van der Waals surface area contributed by atoms with Gasteiger partial charge in [-0.15, -0.1) is 0 Å². The molecule has 0 unspecified atom stereocenters. The summed E-state index contributed by atoms with van der Waals surface area (Å²) in [6.45, 7) is -2.14. The zero-order valence-corrected chi connectivity index (χ0v) is 11.5. The average molecular weight is 365 g/mol. The first-order chi connectivity index (χ1) is 10.4. The van der Waals surface area contributed by atoms with Gasteiger partial charge in [0.1, 0.15) is 0 Å². The molecule has 2 amide bonds. The van der Waals surface area contributed by atoms with Crippen molar-refractivity contribution < 1.29 is 41.0 Å². The van der Waals surface area contributed by atoms with E-state index in [0.717, 1.165) is 12.1 Å². The van der Waals surface area contributed by atoms with Crippen LogP contribution in [0.3, 0.4) is 0 Å². The molecule has 12 heteroatoms. The average Bonchev–Trinajstić information content (AvgIpc) is 2.38. The summed E-state index contributed by atoms with van der Waals surface area (Å²) in [5.74, 6) is -8.42.